The third kappa shape index (κ3) is 3.22. The molecular formula is C15H18N4O2. The Kier molecular flexibility index (Phi) is 3.87. The van der Waals surface area contributed by atoms with E-state index in [9.17, 15) is 0 Å². The van der Waals surface area contributed by atoms with Gasteiger partial charge in [0.05, 0.1) is 24.6 Å². The number of anilines is 2. The minimum Gasteiger partial charge on any atom is -0.488 e. The van der Waals surface area contributed by atoms with E-state index in [4.69, 9.17) is 20.9 Å². The number of hydrogen-bond donors (Lipinski definition) is 2. The first-order chi connectivity index (χ1) is 10.2. The molecule has 0 spiro atoms. The van der Waals surface area contributed by atoms with Gasteiger partial charge in [-0.25, -0.2) is 9.97 Å². The van der Waals surface area contributed by atoms with Gasteiger partial charge in [-0.1, -0.05) is 0 Å². The van der Waals surface area contributed by atoms with Crippen molar-refractivity contribution in [3.05, 3.63) is 30.5 Å². The topological polar surface area (TPSA) is 96.3 Å². The Bertz CT molecular complexity index is 627. The van der Waals surface area contributed by atoms with Crippen LogP contribution in [0.2, 0.25) is 0 Å². The second-order valence-corrected chi connectivity index (χ2v) is 4.98. The Morgan fingerprint density at radius 3 is 2.67 bits per heavy atom. The van der Waals surface area contributed by atoms with Crippen molar-refractivity contribution in [2.75, 3.05) is 24.7 Å². The summed E-state index contributed by atoms with van der Waals surface area (Å²) in [5, 5.41) is 0. The Labute approximate surface area is 123 Å². The molecule has 1 aliphatic heterocycles. The molecule has 1 saturated heterocycles. The first-order valence-electron chi connectivity index (χ1n) is 6.95. The molecule has 6 heteroatoms. The quantitative estimate of drug-likeness (QED) is 0.836. The summed E-state index contributed by atoms with van der Waals surface area (Å²) in [6, 6.07) is 7.44. The highest BCUT2D eigenvalue weighted by molar-refractivity contribution is 5.68. The van der Waals surface area contributed by atoms with Gasteiger partial charge in [-0.15, -0.1) is 0 Å². The van der Waals surface area contributed by atoms with Crippen LogP contribution >= 0.6 is 0 Å². The average molecular weight is 286 g/mol. The normalized spacial score (nSPS) is 15.8. The van der Waals surface area contributed by atoms with E-state index in [0.29, 0.717) is 11.4 Å². The van der Waals surface area contributed by atoms with E-state index in [1.54, 1.807) is 12.3 Å². The van der Waals surface area contributed by atoms with Crippen LogP contribution in [0.1, 0.15) is 12.8 Å². The lowest BCUT2D eigenvalue weighted by Gasteiger charge is -2.24. The van der Waals surface area contributed by atoms with Crippen molar-refractivity contribution < 1.29 is 9.47 Å². The number of aromatic nitrogens is 2. The molecule has 1 aromatic carbocycles. The van der Waals surface area contributed by atoms with Crippen LogP contribution in [0, 0.1) is 0 Å². The van der Waals surface area contributed by atoms with Crippen LogP contribution < -0.4 is 16.2 Å². The third-order valence-electron chi connectivity index (χ3n) is 3.44. The number of rotatable bonds is 3. The predicted molar refractivity (Wildman–Crippen MR) is 80.8 cm³/mol. The zero-order valence-electron chi connectivity index (χ0n) is 11.7. The molecule has 6 nitrogen and oxygen atoms in total. The molecule has 1 aromatic heterocycles. The molecule has 1 aliphatic rings. The van der Waals surface area contributed by atoms with E-state index in [0.717, 1.165) is 37.3 Å². The van der Waals surface area contributed by atoms with Gasteiger partial charge in [-0.2, -0.15) is 0 Å². The molecule has 2 heterocycles. The fraction of sp³-hybridized carbons (Fsp3) is 0.333. The molecule has 0 radical (unpaired) electrons. The number of hydrogen-bond acceptors (Lipinski definition) is 6. The second kappa shape index (κ2) is 5.97. The van der Waals surface area contributed by atoms with Crippen molar-refractivity contribution in [1.82, 2.24) is 9.97 Å². The smallest absolute Gasteiger partial charge is 0.220 e. The van der Waals surface area contributed by atoms with Crippen LogP contribution in [0.25, 0.3) is 11.3 Å². The average Bonchev–Trinajstić information content (AvgIpc) is 2.50. The minimum absolute atomic E-state index is 0.168. The van der Waals surface area contributed by atoms with Crippen molar-refractivity contribution in [3.63, 3.8) is 0 Å². The Morgan fingerprint density at radius 1 is 1.14 bits per heavy atom. The molecule has 1 fully saturated rings. The highest BCUT2D eigenvalue weighted by atomic mass is 16.5. The Balaban J connectivity index is 1.79. The molecule has 0 amide bonds. The van der Waals surface area contributed by atoms with E-state index in [-0.39, 0.29) is 12.1 Å². The highest BCUT2D eigenvalue weighted by Gasteiger charge is 2.16. The van der Waals surface area contributed by atoms with Gasteiger partial charge in [0.25, 0.3) is 0 Å². The van der Waals surface area contributed by atoms with Gasteiger partial charge in [0.15, 0.2) is 0 Å². The fourth-order valence-electron chi connectivity index (χ4n) is 2.32. The number of ether oxygens (including phenoxy) is 2. The summed E-state index contributed by atoms with van der Waals surface area (Å²) in [4.78, 5) is 8.07. The summed E-state index contributed by atoms with van der Waals surface area (Å²) in [7, 11) is 0. The van der Waals surface area contributed by atoms with E-state index in [2.05, 4.69) is 9.97 Å². The van der Waals surface area contributed by atoms with E-state index < -0.39 is 0 Å². The summed E-state index contributed by atoms with van der Waals surface area (Å²) < 4.78 is 11.3. The van der Waals surface area contributed by atoms with Crippen molar-refractivity contribution >= 4 is 11.6 Å². The Hall–Kier alpha value is -2.34. The molecular weight excluding hydrogens is 268 g/mol. The molecule has 21 heavy (non-hydrogen) atoms. The molecule has 110 valence electrons. The molecule has 2 aromatic rings. The van der Waals surface area contributed by atoms with E-state index in [1.165, 1.54) is 0 Å². The van der Waals surface area contributed by atoms with Crippen molar-refractivity contribution in [3.8, 4) is 17.0 Å². The molecule has 4 N–H and O–H groups in total. The lowest BCUT2D eigenvalue weighted by molar-refractivity contribution is 0.0259. The largest absolute Gasteiger partial charge is 0.488 e. The summed E-state index contributed by atoms with van der Waals surface area (Å²) >= 11 is 0. The van der Waals surface area contributed by atoms with Gasteiger partial charge in [-0.3, -0.25) is 0 Å². The van der Waals surface area contributed by atoms with Gasteiger partial charge in [-0.05, 0) is 24.3 Å². The van der Waals surface area contributed by atoms with Crippen LogP contribution in [0.4, 0.5) is 11.6 Å². The maximum atomic E-state index is 6.08. The summed E-state index contributed by atoms with van der Waals surface area (Å²) in [6.45, 7) is 1.48. The lowest BCUT2D eigenvalue weighted by atomic mass is 10.1. The van der Waals surface area contributed by atoms with Crippen molar-refractivity contribution in [2.45, 2.75) is 18.9 Å². The lowest BCUT2D eigenvalue weighted by Crippen LogP contribution is -2.26. The first kappa shape index (κ1) is 13.6. The number of benzene rings is 1. The molecule has 3 rings (SSSR count). The van der Waals surface area contributed by atoms with Crippen LogP contribution in [-0.4, -0.2) is 29.3 Å². The van der Waals surface area contributed by atoms with Crippen molar-refractivity contribution in [1.29, 1.82) is 0 Å². The summed E-state index contributed by atoms with van der Waals surface area (Å²) in [5.74, 6) is 0.946. The zero-order valence-corrected chi connectivity index (χ0v) is 11.7. The van der Waals surface area contributed by atoms with E-state index in [1.807, 2.05) is 18.2 Å². The maximum Gasteiger partial charge on any atom is 0.220 e. The number of nitrogens with two attached hydrogens (primary N) is 2. The molecule has 0 aliphatic carbocycles. The SMILES string of the molecule is Nc1nccc(-c2ccc(OC3CCOCC3)c(N)c2)n1. The monoisotopic (exact) mass is 286 g/mol. The van der Waals surface area contributed by atoms with E-state index >= 15 is 0 Å². The molecule has 0 saturated carbocycles. The standard InChI is InChI=1S/C15H18N4O2/c16-12-9-10(13-3-6-18-15(17)19-13)1-2-14(12)21-11-4-7-20-8-5-11/h1-3,6,9,11H,4-5,7-8,16H2,(H2,17,18,19). The highest BCUT2D eigenvalue weighted by Crippen LogP contribution is 2.29. The Morgan fingerprint density at radius 2 is 1.95 bits per heavy atom. The zero-order chi connectivity index (χ0) is 14.7. The number of nitrogen functional groups attached to an aromatic ring is 2. The maximum absolute atomic E-state index is 6.08. The van der Waals surface area contributed by atoms with Crippen LogP contribution in [0.3, 0.4) is 0 Å². The first-order valence-corrected chi connectivity index (χ1v) is 6.95. The predicted octanol–water partition coefficient (Wildman–Crippen LogP) is 1.87. The van der Waals surface area contributed by atoms with Gasteiger partial charge in [0.1, 0.15) is 11.9 Å². The van der Waals surface area contributed by atoms with Gasteiger partial charge in [0, 0.05) is 24.6 Å². The fourth-order valence-corrected chi connectivity index (χ4v) is 2.32. The number of nitrogens with zero attached hydrogens (tertiary/aromatic N) is 2. The van der Waals surface area contributed by atoms with Crippen LogP contribution in [0.15, 0.2) is 30.5 Å². The summed E-state index contributed by atoms with van der Waals surface area (Å²) in [5.41, 5.74) is 13.9. The molecule has 0 bridgehead atoms. The second-order valence-electron chi connectivity index (χ2n) is 4.98. The van der Waals surface area contributed by atoms with Crippen LogP contribution in [-0.2, 0) is 4.74 Å². The third-order valence-corrected chi connectivity index (χ3v) is 3.44. The minimum atomic E-state index is 0.168. The van der Waals surface area contributed by atoms with Gasteiger partial charge >= 0.3 is 0 Å². The molecule has 0 atom stereocenters. The molecule has 0 unspecified atom stereocenters. The van der Waals surface area contributed by atoms with Gasteiger partial charge in [0.2, 0.25) is 5.95 Å². The van der Waals surface area contributed by atoms with Crippen molar-refractivity contribution in [2.24, 2.45) is 0 Å². The summed E-state index contributed by atoms with van der Waals surface area (Å²) in [6.07, 6.45) is 3.58. The van der Waals surface area contributed by atoms with Gasteiger partial charge < -0.3 is 20.9 Å². The van der Waals surface area contributed by atoms with Crippen LogP contribution in [0.5, 0.6) is 5.75 Å².